The van der Waals surface area contributed by atoms with Crippen LogP contribution in [-0.4, -0.2) is 21.5 Å². The first kappa shape index (κ1) is 13.1. The lowest BCUT2D eigenvalue weighted by Gasteiger charge is -2.04. The Morgan fingerprint density at radius 3 is 2.56 bits per heavy atom. The molecule has 0 aliphatic heterocycles. The molecule has 1 aromatic heterocycles. The van der Waals surface area contributed by atoms with Gasteiger partial charge in [0.1, 0.15) is 0 Å². The van der Waals surface area contributed by atoms with E-state index in [1.165, 1.54) is 17.3 Å². The first-order chi connectivity index (χ1) is 8.67. The number of hydrogen-bond donors (Lipinski definition) is 1. The molecule has 1 aromatic carbocycles. The molecule has 0 amide bonds. The van der Waals surface area contributed by atoms with Crippen molar-refractivity contribution < 1.29 is 0 Å². The topological polar surface area (TPSA) is 50.7 Å². The lowest BCUT2D eigenvalue weighted by atomic mass is 10.2. The first-order valence-corrected chi connectivity index (χ1v) is 6.77. The largest absolute Gasteiger partial charge is 0.354 e. The van der Waals surface area contributed by atoms with Gasteiger partial charge in [-0.3, -0.25) is 0 Å². The van der Waals surface area contributed by atoms with Crippen molar-refractivity contribution >= 4 is 29.3 Å². The van der Waals surface area contributed by atoms with Crippen LogP contribution in [0.15, 0.2) is 34.3 Å². The fourth-order valence-corrected chi connectivity index (χ4v) is 2.28. The van der Waals surface area contributed by atoms with Crippen LogP contribution in [0.3, 0.4) is 0 Å². The Morgan fingerprint density at radius 1 is 1.17 bits per heavy atom. The predicted molar refractivity (Wildman–Crippen MR) is 74.3 cm³/mol. The third-order valence-electron chi connectivity index (χ3n) is 2.15. The van der Waals surface area contributed by atoms with Gasteiger partial charge in [-0.05, 0) is 49.3 Å². The molecule has 0 atom stereocenters. The second-order valence-electron chi connectivity index (χ2n) is 3.66. The third kappa shape index (κ3) is 3.58. The number of rotatable bonds is 4. The van der Waals surface area contributed by atoms with E-state index in [9.17, 15) is 0 Å². The van der Waals surface area contributed by atoms with Crippen molar-refractivity contribution in [3.05, 3.63) is 35.1 Å². The maximum Gasteiger partial charge on any atom is 0.228 e. The van der Waals surface area contributed by atoms with Crippen LogP contribution in [0.25, 0.3) is 0 Å². The summed E-state index contributed by atoms with van der Waals surface area (Å²) in [6.45, 7) is 4.77. The van der Waals surface area contributed by atoms with Crippen molar-refractivity contribution in [3.8, 4) is 0 Å². The molecule has 2 aromatic rings. The van der Waals surface area contributed by atoms with Gasteiger partial charge in [-0.1, -0.05) is 17.7 Å². The van der Waals surface area contributed by atoms with Crippen LogP contribution >= 0.6 is 23.4 Å². The summed E-state index contributed by atoms with van der Waals surface area (Å²) in [6.07, 6.45) is 0. The Labute approximate surface area is 115 Å². The van der Waals surface area contributed by atoms with Gasteiger partial charge in [-0.25, -0.2) is 0 Å². The summed E-state index contributed by atoms with van der Waals surface area (Å²) in [4.78, 5) is 13.5. The van der Waals surface area contributed by atoms with Crippen LogP contribution in [0.1, 0.15) is 12.5 Å². The van der Waals surface area contributed by atoms with Crippen molar-refractivity contribution in [1.82, 2.24) is 15.0 Å². The smallest absolute Gasteiger partial charge is 0.228 e. The van der Waals surface area contributed by atoms with Gasteiger partial charge in [0.25, 0.3) is 0 Å². The molecule has 0 radical (unpaired) electrons. The summed E-state index contributed by atoms with van der Waals surface area (Å²) in [6, 6.07) is 8.17. The Kier molecular flexibility index (Phi) is 4.38. The van der Waals surface area contributed by atoms with E-state index in [-0.39, 0.29) is 5.28 Å². The molecule has 18 heavy (non-hydrogen) atoms. The van der Waals surface area contributed by atoms with E-state index in [2.05, 4.69) is 39.3 Å². The highest BCUT2D eigenvalue weighted by Gasteiger charge is 2.06. The summed E-state index contributed by atoms with van der Waals surface area (Å²) in [7, 11) is 0. The number of hydrogen-bond acceptors (Lipinski definition) is 5. The Morgan fingerprint density at radius 2 is 1.89 bits per heavy atom. The average molecular weight is 281 g/mol. The van der Waals surface area contributed by atoms with Gasteiger partial charge in [-0.2, -0.15) is 15.0 Å². The minimum atomic E-state index is 0.204. The van der Waals surface area contributed by atoms with E-state index in [1.807, 2.05) is 19.1 Å². The van der Waals surface area contributed by atoms with Crippen molar-refractivity contribution in [2.24, 2.45) is 0 Å². The quantitative estimate of drug-likeness (QED) is 0.930. The van der Waals surface area contributed by atoms with Gasteiger partial charge in [0.15, 0.2) is 5.16 Å². The first-order valence-electron chi connectivity index (χ1n) is 5.57. The maximum atomic E-state index is 5.86. The van der Waals surface area contributed by atoms with E-state index in [1.54, 1.807) is 0 Å². The number of halogens is 1. The molecule has 0 spiro atoms. The predicted octanol–water partition coefficient (Wildman–Crippen LogP) is 3.42. The number of aryl methyl sites for hydroxylation is 1. The van der Waals surface area contributed by atoms with Gasteiger partial charge in [0, 0.05) is 11.4 Å². The lowest BCUT2D eigenvalue weighted by Crippen LogP contribution is -2.04. The van der Waals surface area contributed by atoms with Crippen molar-refractivity contribution in [1.29, 1.82) is 0 Å². The highest BCUT2D eigenvalue weighted by Crippen LogP contribution is 2.25. The molecule has 1 heterocycles. The standard InChI is InChI=1S/C12H13ClN4S/c1-3-14-11-15-10(13)16-12(17-11)18-9-6-4-8(2)5-7-9/h4-7H,3H2,1-2H3,(H,14,15,16,17). The summed E-state index contributed by atoms with van der Waals surface area (Å²) in [5.74, 6) is 0.507. The zero-order valence-electron chi connectivity index (χ0n) is 10.1. The summed E-state index contributed by atoms with van der Waals surface area (Å²) in [5, 5.41) is 3.82. The molecule has 94 valence electrons. The molecule has 6 heteroatoms. The minimum absolute atomic E-state index is 0.204. The molecule has 0 aliphatic rings. The van der Waals surface area contributed by atoms with Crippen molar-refractivity contribution in [2.45, 2.75) is 23.9 Å². The molecule has 0 saturated carbocycles. The average Bonchev–Trinajstić information content (AvgIpc) is 2.32. The van der Waals surface area contributed by atoms with Gasteiger partial charge < -0.3 is 5.32 Å². The van der Waals surface area contributed by atoms with Crippen LogP contribution in [0.2, 0.25) is 5.28 Å². The SMILES string of the molecule is CCNc1nc(Cl)nc(Sc2ccc(C)cc2)n1. The third-order valence-corrected chi connectivity index (χ3v) is 3.19. The zero-order chi connectivity index (χ0) is 13.0. The van der Waals surface area contributed by atoms with Crippen LogP contribution in [-0.2, 0) is 0 Å². The summed E-state index contributed by atoms with van der Waals surface area (Å²) >= 11 is 7.33. The van der Waals surface area contributed by atoms with E-state index in [0.717, 1.165) is 11.4 Å². The number of nitrogens with zero attached hydrogens (tertiary/aromatic N) is 3. The van der Waals surface area contributed by atoms with E-state index in [4.69, 9.17) is 11.6 Å². The van der Waals surface area contributed by atoms with Gasteiger partial charge in [-0.15, -0.1) is 0 Å². The van der Waals surface area contributed by atoms with Crippen LogP contribution in [0.5, 0.6) is 0 Å². The molecule has 4 nitrogen and oxygen atoms in total. The van der Waals surface area contributed by atoms with E-state index in [0.29, 0.717) is 11.1 Å². The fourth-order valence-electron chi connectivity index (χ4n) is 1.33. The lowest BCUT2D eigenvalue weighted by molar-refractivity contribution is 0.898. The van der Waals surface area contributed by atoms with E-state index >= 15 is 0 Å². The number of aromatic nitrogens is 3. The number of anilines is 1. The second kappa shape index (κ2) is 6.02. The van der Waals surface area contributed by atoms with E-state index < -0.39 is 0 Å². The van der Waals surface area contributed by atoms with Crippen molar-refractivity contribution in [3.63, 3.8) is 0 Å². The molecular weight excluding hydrogens is 268 g/mol. The molecule has 0 unspecified atom stereocenters. The summed E-state index contributed by atoms with van der Waals surface area (Å²) in [5.41, 5.74) is 1.22. The van der Waals surface area contributed by atoms with Gasteiger partial charge >= 0.3 is 0 Å². The Bertz CT molecular complexity index is 530. The highest BCUT2D eigenvalue weighted by atomic mass is 35.5. The molecule has 0 fully saturated rings. The van der Waals surface area contributed by atoms with Crippen LogP contribution in [0, 0.1) is 6.92 Å². The van der Waals surface area contributed by atoms with Crippen LogP contribution < -0.4 is 5.32 Å². The Hall–Kier alpha value is -1.33. The number of benzene rings is 1. The molecular formula is C12H13ClN4S. The minimum Gasteiger partial charge on any atom is -0.354 e. The van der Waals surface area contributed by atoms with Gasteiger partial charge in [0.2, 0.25) is 11.2 Å². The molecule has 0 bridgehead atoms. The maximum absolute atomic E-state index is 5.86. The second-order valence-corrected chi connectivity index (χ2v) is 5.03. The van der Waals surface area contributed by atoms with Crippen LogP contribution in [0.4, 0.5) is 5.95 Å². The molecule has 0 aliphatic carbocycles. The Balaban J connectivity index is 2.20. The summed E-state index contributed by atoms with van der Waals surface area (Å²) < 4.78 is 0. The van der Waals surface area contributed by atoms with Gasteiger partial charge in [0.05, 0.1) is 0 Å². The monoisotopic (exact) mass is 280 g/mol. The molecule has 2 rings (SSSR count). The normalized spacial score (nSPS) is 10.4. The molecule has 1 N–H and O–H groups in total. The number of nitrogens with one attached hydrogen (secondary N) is 1. The fraction of sp³-hybridized carbons (Fsp3) is 0.250. The van der Waals surface area contributed by atoms with Crippen molar-refractivity contribution in [2.75, 3.05) is 11.9 Å². The zero-order valence-corrected chi connectivity index (χ0v) is 11.7. The molecule has 0 saturated heterocycles. The highest BCUT2D eigenvalue weighted by molar-refractivity contribution is 7.99.